The van der Waals surface area contributed by atoms with E-state index in [4.69, 9.17) is 10.00 Å². The van der Waals surface area contributed by atoms with Crippen molar-refractivity contribution in [2.75, 3.05) is 0 Å². The van der Waals surface area contributed by atoms with Crippen molar-refractivity contribution in [1.29, 1.82) is 5.26 Å². The highest BCUT2D eigenvalue weighted by molar-refractivity contribution is 9.10. The lowest BCUT2D eigenvalue weighted by Gasteiger charge is -2.11. The smallest absolute Gasteiger partial charge is 0.417 e. The predicted molar refractivity (Wildman–Crippen MR) is 70.4 cm³/mol. The van der Waals surface area contributed by atoms with Crippen LogP contribution in [0.15, 0.2) is 46.9 Å². The third kappa shape index (κ3) is 3.31. The highest BCUT2D eigenvalue weighted by Crippen LogP contribution is 2.34. The standard InChI is InChI=1S/C14H7BrF3NO/c15-10-2-1-3-11(7-10)20-12-4-5-13(14(16,17)18)9(6-12)8-19/h1-7H. The molecule has 0 saturated heterocycles. The summed E-state index contributed by atoms with van der Waals surface area (Å²) < 4.78 is 44.1. The first-order valence-corrected chi connectivity index (χ1v) is 6.24. The summed E-state index contributed by atoms with van der Waals surface area (Å²) in [5.74, 6) is 0.635. The largest absolute Gasteiger partial charge is 0.457 e. The molecule has 0 N–H and O–H groups in total. The molecule has 0 radical (unpaired) electrons. The molecule has 0 saturated carbocycles. The molecule has 0 bridgehead atoms. The molecule has 0 spiro atoms. The number of ether oxygens (including phenoxy) is 1. The normalized spacial score (nSPS) is 10.9. The molecule has 0 atom stereocenters. The molecule has 0 aliphatic heterocycles. The van der Waals surface area contributed by atoms with Crippen LogP contribution in [0.25, 0.3) is 0 Å². The van der Waals surface area contributed by atoms with Gasteiger partial charge in [0.1, 0.15) is 11.5 Å². The van der Waals surface area contributed by atoms with E-state index in [0.29, 0.717) is 5.75 Å². The number of nitriles is 1. The first-order valence-electron chi connectivity index (χ1n) is 5.45. The minimum atomic E-state index is -4.56. The van der Waals surface area contributed by atoms with Crippen LogP contribution in [-0.4, -0.2) is 0 Å². The van der Waals surface area contributed by atoms with Crippen molar-refractivity contribution in [1.82, 2.24) is 0 Å². The van der Waals surface area contributed by atoms with Crippen molar-refractivity contribution in [3.8, 4) is 17.6 Å². The van der Waals surface area contributed by atoms with E-state index in [9.17, 15) is 13.2 Å². The Morgan fingerprint density at radius 2 is 1.75 bits per heavy atom. The van der Waals surface area contributed by atoms with Gasteiger partial charge in [-0.25, -0.2) is 0 Å². The third-order valence-corrected chi connectivity index (χ3v) is 2.94. The minimum absolute atomic E-state index is 0.174. The molecule has 0 aromatic heterocycles. The van der Waals surface area contributed by atoms with Crippen molar-refractivity contribution >= 4 is 15.9 Å². The molecule has 2 rings (SSSR count). The van der Waals surface area contributed by atoms with Gasteiger partial charge in [0.15, 0.2) is 0 Å². The van der Waals surface area contributed by atoms with E-state index in [1.54, 1.807) is 24.3 Å². The highest BCUT2D eigenvalue weighted by atomic mass is 79.9. The zero-order valence-corrected chi connectivity index (χ0v) is 11.5. The second-order valence-corrected chi connectivity index (χ2v) is 4.79. The molecule has 2 aromatic rings. The lowest BCUT2D eigenvalue weighted by molar-refractivity contribution is -0.137. The molecule has 0 aliphatic carbocycles. The van der Waals surface area contributed by atoms with Gasteiger partial charge in [0, 0.05) is 4.47 Å². The zero-order valence-electron chi connectivity index (χ0n) is 9.91. The molecule has 6 heteroatoms. The maximum absolute atomic E-state index is 12.6. The predicted octanol–water partition coefficient (Wildman–Crippen LogP) is 5.13. The molecule has 2 aromatic carbocycles. The maximum Gasteiger partial charge on any atom is 0.417 e. The van der Waals surface area contributed by atoms with Gasteiger partial charge < -0.3 is 4.74 Å². The van der Waals surface area contributed by atoms with Gasteiger partial charge >= 0.3 is 6.18 Å². The first kappa shape index (κ1) is 14.4. The Morgan fingerprint density at radius 1 is 1.05 bits per heavy atom. The Kier molecular flexibility index (Phi) is 4.00. The van der Waals surface area contributed by atoms with Gasteiger partial charge in [0.25, 0.3) is 0 Å². The number of hydrogen-bond donors (Lipinski definition) is 0. The number of nitrogens with zero attached hydrogens (tertiary/aromatic N) is 1. The third-order valence-electron chi connectivity index (χ3n) is 2.45. The molecular weight excluding hydrogens is 335 g/mol. The Labute approximate surface area is 121 Å². The molecule has 0 heterocycles. The van der Waals surface area contributed by atoms with Gasteiger partial charge in [-0.2, -0.15) is 18.4 Å². The van der Waals surface area contributed by atoms with Crippen LogP contribution in [-0.2, 0) is 6.18 Å². The van der Waals surface area contributed by atoms with Crippen molar-refractivity contribution in [3.63, 3.8) is 0 Å². The van der Waals surface area contributed by atoms with Crippen LogP contribution in [0.5, 0.6) is 11.5 Å². The summed E-state index contributed by atoms with van der Waals surface area (Å²) in [4.78, 5) is 0. The summed E-state index contributed by atoms with van der Waals surface area (Å²) >= 11 is 3.26. The minimum Gasteiger partial charge on any atom is -0.457 e. The van der Waals surface area contributed by atoms with Crippen LogP contribution < -0.4 is 4.74 Å². The lowest BCUT2D eigenvalue weighted by Crippen LogP contribution is -2.07. The van der Waals surface area contributed by atoms with Crippen molar-refractivity contribution in [2.45, 2.75) is 6.18 Å². The highest BCUT2D eigenvalue weighted by Gasteiger charge is 2.33. The van der Waals surface area contributed by atoms with Gasteiger partial charge in [-0.3, -0.25) is 0 Å². The zero-order chi connectivity index (χ0) is 14.8. The maximum atomic E-state index is 12.6. The van der Waals surface area contributed by atoms with Crippen molar-refractivity contribution in [3.05, 3.63) is 58.1 Å². The fourth-order valence-corrected chi connectivity index (χ4v) is 1.97. The van der Waals surface area contributed by atoms with Gasteiger partial charge in [-0.05, 0) is 36.4 Å². The van der Waals surface area contributed by atoms with Gasteiger partial charge in [-0.1, -0.05) is 22.0 Å². The summed E-state index contributed by atoms with van der Waals surface area (Å²) in [5, 5.41) is 8.80. The number of rotatable bonds is 2. The van der Waals surface area contributed by atoms with Gasteiger partial charge in [-0.15, -0.1) is 0 Å². The molecule has 102 valence electrons. The molecule has 0 amide bonds. The Bertz CT molecular complexity index is 677. The van der Waals surface area contributed by atoms with Crippen LogP contribution >= 0.6 is 15.9 Å². The SMILES string of the molecule is N#Cc1cc(Oc2cccc(Br)c2)ccc1C(F)(F)F. The van der Waals surface area contributed by atoms with Gasteiger partial charge in [0.05, 0.1) is 17.2 Å². The monoisotopic (exact) mass is 341 g/mol. The van der Waals surface area contributed by atoms with Crippen LogP contribution in [0.4, 0.5) is 13.2 Å². The Morgan fingerprint density at radius 3 is 2.35 bits per heavy atom. The molecule has 0 fully saturated rings. The van der Waals surface area contributed by atoms with E-state index in [0.717, 1.165) is 16.6 Å². The summed E-state index contributed by atoms with van der Waals surface area (Å²) in [6.45, 7) is 0. The fraction of sp³-hybridized carbons (Fsp3) is 0.0714. The molecule has 2 nitrogen and oxygen atoms in total. The van der Waals surface area contributed by atoms with E-state index in [-0.39, 0.29) is 5.75 Å². The van der Waals surface area contributed by atoms with Gasteiger partial charge in [0.2, 0.25) is 0 Å². The molecular formula is C14H7BrF3NO. The average molecular weight is 342 g/mol. The Hall–Kier alpha value is -2.00. The molecule has 0 unspecified atom stereocenters. The number of halogens is 4. The summed E-state index contributed by atoms with van der Waals surface area (Å²) in [6, 6.07) is 11.5. The van der Waals surface area contributed by atoms with E-state index in [2.05, 4.69) is 15.9 Å². The van der Waals surface area contributed by atoms with E-state index < -0.39 is 17.3 Å². The first-order chi connectivity index (χ1) is 9.40. The number of alkyl halides is 3. The topological polar surface area (TPSA) is 33.0 Å². The number of benzene rings is 2. The second-order valence-electron chi connectivity index (χ2n) is 3.88. The van der Waals surface area contributed by atoms with E-state index in [1.165, 1.54) is 12.1 Å². The summed E-state index contributed by atoms with van der Waals surface area (Å²) in [5.41, 5.74) is -1.44. The summed E-state index contributed by atoms with van der Waals surface area (Å²) in [7, 11) is 0. The Balaban J connectivity index is 2.34. The van der Waals surface area contributed by atoms with Crippen LogP contribution in [0.1, 0.15) is 11.1 Å². The van der Waals surface area contributed by atoms with Crippen LogP contribution in [0.3, 0.4) is 0 Å². The lowest BCUT2D eigenvalue weighted by atomic mass is 10.1. The quantitative estimate of drug-likeness (QED) is 0.758. The van der Waals surface area contributed by atoms with Crippen molar-refractivity contribution in [2.24, 2.45) is 0 Å². The van der Waals surface area contributed by atoms with Crippen molar-refractivity contribution < 1.29 is 17.9 Å². The average Bonchev–Trinajstić information content (AvgIpc) is 2.37. The van der Waals surface area contributed by atoms with Crippen LogP contribution in [0.2, 0.25) is 0 Å². The van der Waals surface area contributed by atoms with E-state index >= 15 is 0 Å². The second kappa shape index (κ2) is 5.55. The molecule has 20 heavy (non-hydrogen) atoms. The molecule has 0 aliphatic rings. The summed E-state index contributed by atoms with van der Waals surface area (Å²) in [6.07, 6.45) is -4.56. The van der Waals surface area contributed by atoms with E-state index in [1.807, 2.05) is 0 Å². The number of hydrogen-bond acceptors (Lipinski definition) is 2. The fourth-order valence-electron chi connectivity index (χ4n) is 1.59. The van der Waals surface area contributed by atoms with Crippen LogP contribution in [0, 0.1) is 11.3 Å².